The number of para-hydroxylation sites is 1. The number of hydrogen-bond acceptors (Lipinski definition) is 5. The van der Waals surface area contributed by atoms with Crippen molar-refractivity contribution in [2.24, 2.45) is 0 Å². The van der Waals surface area contributed by atoms with Gasteiger partial charge in [0.1, 0.15) is 5.75 Å². The van der Waals surface area contributed by atoms with Gasteiger partial charge in [-0.05, 0) is 24.3 Å². The van der Waals surface area contributed by atoms with Crippen LogP contribution in [-0.4, -0.2) is 56.3 Å². The number of nitrogens with zero attached hydrogens (tertiary/aromatic N) is 2. The predicted molar refractivity (Wildman–Crippen MR) is 95.8 cm³/mol. The first-order valence-corrected chi connectivity index (χ1v) is 8.18. The average molecular weight is 342 g/mol. The van der Waals surface area contributed by atoms with E-state index in [1.165, 1.54) is 7.11 Å². The molecule has 0 spiro atoms. The van der Waals surface area contributed by atoms with Gasteiger partial charge in [-0.25, -0.2) is 0 Å². The van der Waals surface area contributed by atoms with Gasteiger partial charge in [-0.3, -0.25) is 4.79 Å². The minimum Gasteiger partial charge on any atom is -0.504 e. The normalized spacial score (nSPS) is 14.3. The molecular formula is C19H22N2O4. The molecule has 1 amide bonds. The summed E-state index contributed by atoms with van der Waals surface area (Å²) in [5, 5.41) is 10.2. The second-order valence-electron chi connectivity index (χ2n) is 5.84. The van der Waals surface area contributed by atoms with Gasteiger partial charge in [0.25, 0.3) is 5.91 Å². The van der Waals surface area contributed by atoms with Crippen LogP contribution in [0.25, 0.3) is 0 Å². The van der Waals surface area contributed by atoms with Crippen molar-refractivity contribution < 1.29 is 19.4 Å². The average Bonchev–Trinajstić information content (AvgIpc) is 2.68. The highest BCUT2D eigenvalue weighted by Crippen LogP contribution is 2.30. The predicted octanol–water partition coefficient (Wildman–Crippen LogP) is 2.37. The molecule has 1 saturated heterocycles. The third kappa shape index (κ3) is 3.47. The van der Waals surface area contributed by atoms with E-state index in [9.17, 15) is 9.90 Å². The van der Waals surface area contributed by atoms with E-state index in [0.717, 1.165) is 24.5 Å². The highest BCUT2D eigenvalue weighted by atomic mass is 16.5. The first-order chi connectivity index (χ1) is 12.1. The lowest BCUT2D eigenvalue weighted by atomic mass is 10.1. The van der Waals surface area contributed by atoms with Gasteiger partial charge in [0.05, 0.1) is 19.8 Å². The minimum atomic E-state index is -0.179. The van der Waals surface area contributed by atoms with E-state index in [-0.39, 0.29) is 17.2 Å². The topological polar surface area (TPSA) is 62.2 Å². The van der Waals surface area contributed by atoms with Crippen molar-refractivity contribution in [3.05, 3.63) is 48.0 Å². The van der Waals surface area contributed by atoms with Crippen molar-refractivity contribution in [2.45, 2.75) is 0 Å². The fraction of sp³-hybridized carbons (Fsp3) is 0.316. The van der Waals surface area contributed by atoms with E-state index in [0.29, 0.717) is 18.8 Å². The van der Waals surface area contributed by atoms with E-state index in [1.54, 1.807) is 30.2 Å². The summed E-state index contributed by atoms with van der Waals surface area (Å²) in [7, 11) is 3.12. The Morgan fingerprint density at radius 2 is 1.72 bits per heavy atom. The van der Waals surface area contributed by atoms with E-state index in [2.05, 4.69) is 4.90 Å². The SMILES string of the molecule is COc1cccc(N2CCN(C(=O)c3cccc(OC)c3O)CC2)c1. The molecular weight excluding hydrogens is 320 g/mol. The number of carbonyl (C=O) groups is 1. The summed E-state index contributed by atoms with van der Waals surface area (Å²) in [6.07, 6.45) is 0. The minimum absolute atomic E-state index is 0.106. The molecule has 2 aromatic rings. The molecule has 1 fully saturated rings. The maximum Gasteiger partial charge on any atom is 0.257 e. The van der Waals surface area contributed by atoms with Gasteiger partial charge in [0.2, 0.25) is 0 Å². The Balaban J connectivity index is 1.69. The molecule has 0 radical (unpaired) electrons. The molecule has 25 heavy (non-hydrogen) atoms. The summed E-state index contributed by atoms with van der Waals surface area (Å²) >= 11 is 0. The Morgan fingerprint density at radius 1 is 1.00 bits per heavy atom. The number of hydrogen-bond donors (Lipinski definition) is 1. The number of rotatable bonds is 4. The number of phenolic OH excluding ortho intramolecular Hbond substituents is 1. The van der Waals surface area contributed by atoms with E-state index >= 15 is 0 Å². The molecule has 6 heteroatoms. The Kier molecular flexibility index (Phi) is 4.97. The van der Waals surface area contributed by atoms with Crippen molar-refractivity contribution in [3.8, 4) is 17.2 Å². The van der Waals surface area contributed by atoms with E-state index in [4.69, 9.17) is 9.47 Å². The summed E-state index contributed by atoms with van der Waals surface area (Å²) in [4.78, 5) is 16.7. The van der Waals surface area contributed by atoms with Crippen LogP contribution in [0, 0.1) is 0 Å². The van der Waals surface area contributed by atoms with Gasteiger partial charge in [-0.2, -0.15) is 0 Å². The van der Waals surface area contributed by atoms with Crippen LogP contribution >= 0.6 is 0 Å². The number of methoxy groups -OCH3 is 2. The molecule has 0 aromatic heterocycles. The molecule has 132 valence electrons. The van der Waals surface area contributed by atoms with Crippen LogP contribution in [0.1, 0.15) is 10.4 Å². The number of benzene rings is 2. The lowest BCUT2D eigenvalue weighted by molar-refractivity contribution is 0.0743. The largest absolute Gasteiger partial charge is 0.504 e. The van der Waals surface area contributed by atoms with Gasteiger partial charge >= 0.3 is 0 Å². The maximum atomic E-state index is 12.7. The van der Waals surface area contributed by atoms with Crippen molar-refractivity contribution in [1.29, 1.82) is 0 Å². The summed E-state index contributed by atoms with van der Waals surface area (Å²) in [5.74, 6) is 0.838. The second-order valence-corrected chi connectivity index (χ2v) is 5.84. The van der Waals surface area contributed by atoms with Gasteiger partial charge in [-0.15, -0.1) is 0 Å². The zero-order chi connectivity index (χ0) is 17.8. The fourth-order valence-corrected chi connectivity index (χ4v) is 3.00. The van der Waals surface area contributed by atoms with E-state index < -0.39 is 0 Å². The third-order valence-corrected chi connectivity index (χ3v) is 4.43. The van der Waals surface area contributed by atoms with Gasteiger partial charge in [0, 0.05) is 37.9 Å². The molecule has 1 N–H and O–H groups in total. The number of phenols is 1. The van der Waals surface area contributed by atoms with Crippen LogP contribution in [0.4, 0.5) is 5.69 Å². The van der Waals surface area contributed by atoms with Crippen LogP contribution < -0.4 is 14.4 Å². The van der Waals surface area contributed by atoms with Gasteiger partial charge in [0.15, 0.2) is 11.5 Å². The molecule has 3 rings (SSSR count). The molecule has 2 aromatic carbocycles. The highest BCUT2D eigenvalue weighted by Gasteiger charge is 2.25. The maximum absolute atomic E-state index is 12.7. The lowest BCUT2D eigenvalue weighted by Crippen LogP contribution is -2.48. The first kappa shape index (κ1) is 17.0. The standard InChI is InChI=1S/C19H22N2O4/c1-24-15-6-3-5-14(13-15)20-9-11-21(12-10-20)19(23)16-7-4-8-17(25-2)18(16)22/h3-8,13,22H,9-12H2,1-2H3. The quantitative estimate of drug-likeness (QED) is 0.924. The number of carbonyl (C=O) groups excluding carboxylic acids is 1. The number of amides is 1. The van der Waals surface area contributed by atoms with Crippen LogP contribution in [-0.2, 0) is 0 Å². The molecule has 1 heterocycles. The Hall–Kier alpha value is -2.89. The van der Waals surface area contributed by atoms with Crippen LogP contribution in [0.2, 0.25) is 0 Å². The summed E-state index contributed by atoms with van der Waals surface area (Å²) in [6, 6.07) is 12.9. The van der Waals surface area contributed by atoms with Crippen LogP contribution in [0.5, 0.6) is 17.2 Å². The monoisotopic (exact) mass is 342 g/mol. The molecule has 0 aliphatic carbocycles. The number of anilines is 1. The molecule has 0 unspecified atom stereocenters. The van der Waals surface area contributed by atoms with E-state index in [1.807, 2.05) is 24.3 Å². The number of ether oxygens (including phenoxy) is 2. The second kappa shape index (κ2) is 7.34. The van der Waals surface area contributed by atoms with Crippen molar-refractivity contribution in [2.75, 3.05) is 45.3 Å². The summed E-state index contributed by atoms with van der Waals surface area (Å²) < 4.78 is 10.3. The first-order valence-electron chi connectivity index (χ1n) is 8.18. The summed E-state index contributed by atoms with van der Waals surface area (Å²) in [6.45, 7) is 2.63. The van der Waals surface area contributed by atoms with Crippen molar-refractivity contribution >= 4 is 11.6 Å². The molecule has 6 nitrogen and oxygen atoms in total. The smallest absolute Gasteiger partial charge is 0.257 e. The summed E-state index contributed by atoms with van der Waals surface area (Å²) in [5.41, 5.74) is 1.35. The zero-order valence-electron chi connectivity index (χ0n) is 14.4. The third-order valence-electron chi connectivity index (χ3n) is 4.43. The molecule has 0 bridgehead atoms. The molecule has 0 saturated carbocycles. The van der Waals surface area contributed by atoms with Gasteiger partial charge < -0.3 is 24.4 Å². The fourth-order valence-electron chi connectivity index (χ4n) is 3.00. The zero-order valence-corrected chi connectivity index (χ0v) is 14.4. The number of aromatic hydroxyl groups is 1. The Morgan fingerprint density at radius 3 is 2.40 bits per heavy atom. The molecule has 1 aliphatic rings. The van der Waals surface area contributed by atoms with Gasteiger partial charge in [-0.1, -0.05) is 12.1 Å². The van der Waals surface area contributed by atoms with Crippen LogP contribution in [0.3, 0.4) is 0 Å². The lowest BCUT2D eigenvalue weighted by Gasteiger charge is -2.36. The highest BCUT2D eigenvalue weighted by molar-refractivity contribution is 5.97. The van der Waals surface area contributed by atoms with Crippen LogP contribution in [0.15, 0.2) is 42.5 Å². The Bertz CT molecular complexity index is 755. The van der Waals surface area contributed by atoms with Crippen molar-refractivity contribution in [1.82, 2.24) is 4.90 Å². The Labute approximate surface area is 147 Å². The molecule has 0 atom stereocenters. The van der Waals surface area contributed by atoms with Crippen molar-refractivity contribution in [3.63, 3.8) is 0 Å². The number of piperazine rings is 1. The molecule has 1 aliphatic heterocycles.